The highest BCUT2D eigenvalue weighted by Crippen LogP contribution is 2.36. The Labute approximate surface area is 211 Å². The molecule has 4 aromatic rings. The number of ether oxygens (including phenoxy) is 2. The topological polar surface area (TPSA) is 93.3 Å². The van der Waals surface area contributed by atoms with Gasteiger partial charge in [0.15, 0.2) is 16.7 Å². The van der Waals surface area contributed by atoms with E-state index < -0.39 is 5.25 Å². The summed E-state index contributed by atoms with van der Waals surface area (Å²) in [4.78, 5) is 34.8. The lowest BCUT2D eigenvalue weighted by Crippen LogP contribution is -2.32. The van der Waals surface area contributed by atoms with E-state index in [0.29, 0.717) is 39.8 Å². The maximum Gasteiger partial charge on any atom is 0.260 e. The van der Waals surface area contributed by atoms with Gasteiger partial charge in [-0.1, -0.05) is 48.2 Å². The highest BCUT2D eigenvalue weighted by atomic mass is 32.2. The third kappa shape index (κ3) is 5.52. The molecule has 1 amide bonds. The summed E-state index contributed by atoms with van der Waals surface area (Å²) in [5, 5.41) is 3.56. The Morgan fingerprint density at radius 1 is 1.14 bits per heavy atom. The molecule has 2 aromatic carbocycles. The summed E-state index contributed by atoms with van der Waals surface area (Å²) in [6.45, 7) is 4.28. The van der Waals surface area contributed by atoms with Gasteiger partial charge >= 0.3 is 0 Å². The van der Waals surface area contributed by atoms with Crippen molar-refractivity contribution in [3.05, 3.63) is 69.3 Å². The van der Waals surface area contributed by atoms with Gasteiger partial charge in [-0.05, 0) is 43.5 Å². The van der Waals surface area contributed by atoms with Crippen LogP contribution < -0.4 is 20.3 Å². The summed E-state index contributed by atoms with van der Waals surface area (Å²) in [6, 6.07) is 15.5. The molecular weight excluding hydrogens is 482 g/mol. The van der Waals surface area contributed by atoms with Gasteiger partial charge < -0.3 is 19.8 Å². The number of carbonyl (C=O) groups is 1. The minimum absolute atomic E-state index is 0.120. The van der Waals surface area contributed by atoms with E-state index in [1.165, 1.54) is 23.1 Å². The number of thiophene rings is 1. The number of thioether (sulfide) groups is 1. The smallest absolute Gasteiger partial charge is 0.260 e. The second-order valence-corrected chi connectivity index (χ2v) is 10.5. The molecule has 7 nitrogen and oxygen atoms in total. The summed E-state index contributed by atoms with van der Waals surface area (Å²) in [6.07, 6.45) is 0.654. The van der Waals surface area contributed by atoms with Crippen molar-refractivity contribution in [2.24, 2.45) is 0 Å². The van der Waals surface area contributed by atoms with Crippen molar-refractivity contribution in [1.82, 2.24) is 15.3 Å². The Balaban J connectivity index is 1.42. The van der Waals surface area contributed by atoms with Crippen LogP contribution in [0.15, 0.2) is 58.5 Å². The number of hydrogen-bond donors (Lipinski definition) is 2. The van der Waals surface area contributed by atoms with Gasteiger partial charge in [0.1, 0.15) is 4.83 Å². The summed E-state index contributed by atoms with van der Waals surface area (Å²) in [7, 11) is 3.19. The Morgan fingerprint density at radius 3 is 2.60 bits per heavy atom. The van der Waals surface area contributed by atoms with Crippen LogP contribution in [0.5, 0.6) is 11.5 Å². The predicted octanol–water partition coefficient (Wildman–Crippen LogP) is 4.82. The number of benzene rings is 2. The van der Waals surface area contributed by atoms with Gasteiger partial charge in [-0.15, -0.1) is 11.3 Å². The van der Waals surface area contributed by atoms with Crippen LogP contribution >= 0.6 is 23.1 Å². The molecule has 0 bridgehead atoms. The van der Waals surface area contributed by atoms with E-state index in [-0.39, 0.29) is 11.5 Å². The van der Waals surface area contributed by atoms with Gasteiger partial charge in [-0.25, -0.2) is 4.98 Å². The zero-order chi connectivity index (χ0) is 24.9. The Bertz CT molecular complexity index is 1400. The highest BCUT2D eigenvalue weighted by molar-refractivity contribution is 8.00. The van der Waals surface area contributed by atoms with Crippen LogP contribution in [-0.4, -0.2) is 41.9 Å². The molecule has 4 rings (SSSR count). The average Bonchev–Trinajstić information content (AvgIpc) is 3.20. The van der Waals surface area contributed by atoms with E-state index in [0.717, 1.165) is 21.6 Å². The molecule has 35 heavy (non-hydrogen) atoms. The van der Waals surface area contributed by atoms with Gasteiger partial charge in [-0.3, -0.25) is 9.59 Å². The first-order chi connectivity index (χ1) is 16.9. The SMILES string of the molecule is COc1ccc(CCNC(=O)C(C)Sc2nc3sc(C)c(-c4ccccc4)c3c(=O)[nH]2)cc1OC. The van der Waals surface area contributed by atoms with Crippen molar-refractivity contribution in [2.45, 2.75) is 30.7 Å². The van der Waals surface area contributed by atoms with Crippen molar-refractivity contribution in [1.29, 1.82) is 0 Å². The summed E-state index contributed by atoms with van der Waals surface area (Å²) < 4.78 is 10.6. The number of rotatable bonds is 9. The lowest BCUT2D eigenvalue weighted by molar-refractivity contribution is -0.120. The van der Waals surface area contributed by atoms with Crippen LogP contribution in [0, 0.1) is 6.92 Å². The lowest BCUT2D eigenvalue weighted by atomic mass is 10.0. The number of aromatic amines is 1. The number of methoxy groups -OCH3 is 2. The van der Waals surface area contributed by atoms with Gasteiger partial charge in [0, 0.05) is 17.0 Å². The largest absolute Gasteiger partial charge is 0.493 e. The number of nitrogens with zero attached hydrogens (tertiary/aromatic N) is 1. The molecular formula is C26H27N3O4S2. The van der Waals surface area contributed by atoms with Crippen LogP contribution in [0.2, 0.25) is 0 Å². The Morgan fingerprint density at radius 2 is 1.89 bits per heavy atom. The standard InChI is InChI=1S/C26H27N3O4S2/c1-15-21(18-8-6-5-7-9-18)22-24(31)28-26(29-25(22)34-15)35-16(2)23(30)27-13-12-17-10-11-19(32-3)20(14-17)33-4/h5-11,14,16H,12-13H2,1-4H3,(H,27,30)(H,28,29,31). The van der Waals surface area contributed by atoms with E-state index >= 15 is 0 Å². The molecule has 1 unspecified atom stereocenters. The molecule has 0 aliphatic heterocycles. The van der Waals surface area contributed by atoms with Crippen molar-refractivity contribution in [2.75, 3.05) is 20.8 Å². The molecule has 2 heterocycles. The first-order valence-corrected chi connectivity index (χ1v) is 12.8. The van der Waals surface area contributed by atoms with Gasteiger partial charge in [0.05, 0.1) is 24.9 Å². The summed E-state index contributed by atoms with van der Waals surface area (Å²) in [5.74, 6) is 1.20. The first-order valence-electron chi connectivity index (χ1n) is 11.2. The predicted molar refractivity (Wildman–Crippen MR) is 142 cm³/mol. The molecule has 0 aliphatic carbocycles. The molecule has 0 aliphatic rings. The fourth-order valence-corrected chi connectivity index (χ4v) is 5.76. The number of hydrogen-bond acceptors (Lipinski definition) is 7. The fourth-order valence-electron chi connectivity index (χ4n) is 3.84. The molecule has 1 atom stereocenters. The molecule has 2 aromatic heterocycles. The fraction of sp³-hybridized carbons (Fsp3) is 0.269. The van der Waals surface area contributed by atoms with Crippen LogP contribution in [0.1, 0.15) is 17.4 Å². The number of fused-ring (bicyclic) bond motifs is 1. The van der Waals surface area contributed by atoms with E-state index in [1.807, 2.05) is 55.5 Å². The summed E-state index contributed by atoms with van der Waals surface area (Å²) in [5.41, 5.74) is 2.74. The minimum Gasteiger partial charge on any atom is -0.493 e. The van der Waals surface area contributed by atoms with E-state index in [1.54, 1.807) is 21.1 Å². The van der Waals surface area contributed by atoms with E-state index in [9.17, 15) is 9.59 Å². The van der Waals surface area contributed by atoms with Gasteiger partial charge in [0.2, 0.25) is 5.91 Å². The Hall–Kier alpha value is -3.30. The summed E-state index contributed by atoms with van der Waals surface area (Å²) >= 11 is 2.73. The van der Waals surface area contributed by atoms with Crippen LogP contribution in [0.3, 0.4) is 0 Å². The van der Waals surface area contributed by atoms with E-state index in [4.69, 9.17) is 9.47 Å². The molecule has 0 saturated carbocycles. The minimum atomic E-state index is -0.421. The maximum absolute atomic E-state index is 13.0. The number of amides is 1. The van der Waals surface area contributed by atoms with Gasteiger partial charge in [-0.2, -0.15) is 0 Å². The van der Waals surface area contributed by atoms with Crippen molar-refractivity contribution in [3.8, 4) is 22.6 Å². The average molecular weight is 510 g/mol. The molecule has 0 saturated heterocycles. The number of aryl methyl sites for hydroxylation is 1. The third-order valence-corrected chi connectivity index (χ3v) is 7.58. The van der Waals surface area contributed by atoms with Crippen molar-refractivity contribution in [3.63, 3.8) is 0 Å². The van der Waals surface area contributed by atoms with Crippen molar-refractivity contribution >= 4 is 39.2 Å². The second-order valence-electron chi connectivity index (χ2n) is 7.94. The van der Waals surface area contributed by atoms with Crippen LogP contribution in [-0.2, 0) is 11.2 Å². The number of aromatic nitrogens is 2. The number of carbonyl (C=O) groups excluding carboxylic acids is 1. The zero-order valence-corrected chi connectivity index (χ0v) is 21.6. The third-order valence-electron chi connectivity index (χ3n) is 5.60. The molecule has 0 fully saturated rings. The van der Waals surface area contributed by atoms with Crippen molar-refractivity contribution < 1.29 is 14.3 Å². The maximum atomic E-state index is 13.0. The Kier molecular flexibility index (Phi) is 7.77. The normalized spacial score (nSPS) is 11.9. The lowest BCUT2D eigenvalue weighted by Gasteiger charge is -2.12. The van der Waals surface area contributed by atoms with Gasteiger partial charge in [0.25, 0.3) is 5.56 Å². The first kappa shape index (κ1) is 24.8. The second kappa shape index (κ2) is 11.0. The number of H-pyrrole nitrogens is 1. The van der Waals surface area contributed by atoms with Crippen LogP contribution in [0.4, 0.5) is 0 Å². The monoisotopic (exact) mass is 509 g/mol. The molecule has 182 valence electrons. The molecule has 0 radical (unpaired) electrons. The molecule has 2 N–H and O–H groups in total. The highest BCUT2D eigenvalue weighted by Gasteiger charge is 2.20. The molecule has 0 spiro atoms. The molecule has 9 heteroatoms. The zero-order valence-electron chi connectivity index (χ0n) is 20.0. The number of nitrogens with one attached hydrogen (secondary N) is 2. The van der Waals surface area contributed by atoms with E-state index in [2.05, 4.69) is 15.3 Å². The quantitative estimate of drug-likeness (QED) is 0.248. The van der Waals surface area contributed by atoms with Crippen LogP contribution in [0.25, 0.3) is 21.3 Å².